The standard InChI is InChI=1S/C7H9N5/c1-4-5(3-8)6(9)12-7(10-2)11-4/h1-2H3,(H3,9,10,11,12). The van der Waals surface area contributed by atoms with Crippen LogP contribution in [0.3, 0.4) is 0 Å². The second-order valence-corrected chi connectivity index (χ2v) is 2.25. The van der Waals surface area contributed by atoms with Gasteiger partial charge in [-0.2, -0.15) is 10.2 Å². The second-order valence-electron chi connectivity index (χ2n) is 2.25. The molecule has 0 saturated carbocycles. The number of aromatic nitrogens is 2. The van der Waals surface area contributed by atoms with Gasteiger partial charge in [-0.05, 0) is 6.92 Å². The Bertz CT molecular complexity index is 315. The molecule has 0 aliphatic carbocycles. The summed E-state index contributed by atoms with van der Waals surface area (Å²) in [7, 11) is 1.69. The van der Waals surface area contributed by atoms with E-state index in [9.17, 15) is 0 Å². The molecule has 0 fully saturated rings. The van der Waals surface area contributed by atoms with Crippen LogP contribution in [0.2, 0.25) is 0 Å². The number of nitrogens with zero attached hydrogens (tertiary/aromatic N) is 3. The van der Waals surface area contributed by atoms with Gasteiger partial charge in [-0.3, -0.25) is 0 Å². The second kappa shape index (κ2) is 3.05. The van der Waals surface area contributed by atoms with E-state index in [4.69, 9.17) is 11.0 Å². The SMILES string of the molecule is CNc1nc(C)c(C#N)c(N)n1. The fourth-order valence-corrected chi connectivity index (χ4v) is 0.845. The lowest BCUT2D eigenvalue weighted by Gasteiger charge is -2.03. The van der Waals surface area contributed by atoms with Crippen LogP contribution in [0.25, 0.3) is 0 Å². The highest BCUT2D eigenvalue weighted by Gasteiger charge is 2.06. The van der Waals surface area contributed by atoms with Crippen molar-refractivity contribution in [3.05, 3.63) is 11.3 Å². The Hall–Kier alpha value is -1.83. The Labute approximate surface area is 70.2 Å². The monoisotopic (exact) mass is 163 g/mol. The maximum absolute atomic E-state index is 8.63. The predicted molar refractivity (Wildman–Crippen MR) is 45.4 cm³/mol. The van der Waals surface area contributed by atoms with Crippen LogP contribution in [0.15, 0.2) is 0 Å². The molecule has 5 nitrogen and oxygen atoms in total. The molecule has 1 heterocycles. The van der Waals surface area contributed by atoms with Crippen LogP contribution in [-0.4, -0.2) is 17.0 Å². The number of nitrogens with one attached hydrogen (secondary N) is 1. The number of anilines is 2. The molecule has 0 radical (unpaired) electrons. The Morgan fingerprint density at radius 3 is 2.58 bits per heavy atom. The minimum atomic E-state index is 0.217. The first kappa shape index (κ1) is 8.27. The molecule has 0 aromatic carbocycles. The van der Waals surface area contributed by atoms with E-state index in [2.05, 4.69) is 15.3 Å². The van der Waals surface area contributed by atoms with Gasteiger partial charge in [0.1, 0.15) is 17.5 Å². The maximum atomic E-state index is 8.63. The maximum Gasteiger partial charge on any atom is 0.224 e. The Balaban J connectivity index is 3.30. The zero-order valence-corrected chi connectivity index (χ0v) is 6.92. The van der Waals surface area contributed by atoms with Crippen molar-refractivity contribution in [2.45, 2.75) is 6.92 Å². The highest BCUT2D eigenvalue weighted by molar-refractivity contribution is 5.53. The molecule has 0 unspecified atom stereocenters. The molecule has 0 atom stereocenters. The lowest BCUT2D eigenvalue weighted by atomic mass is 10.2. The molecule has 0 aliphatic heterocycles. The van der Waals surface area contributed by atoms with Crippen molar-refractivity contribution in [2.24, 2.45) is 0 Å². The lowest BCUT2D eigenvalue weighted by Crippen LogP contribution is -2.04. The van der Waals surface area contributed by atoms with E-state index in [1.807, 2.05) is 6.07 Å². The van der Waals surface area contributed by atoms with Gasteiger partial charge in [0, 0.05) is 7.05 Å². The van der Waals surface area contributed by atoms with Crippen LogP contribution in [0, 0.1) is 18.3 Å². The van der Waals surface area contributed by atoms with Gasteiger partial charge < -0.3 is 11.1 Å². The molecule has 0 bridgehead atoms. The molecule has 12 heavy (non-hydrogen) atoms. The first-order valence-corrected chi connectivity index (χ1v) is 3.41. The van der Waals surface area contributed by atoms with Gasteiger partial charge in [0.25, 0.3) is 0 Å². The summed E-state index contributed by atoms with van der Waals surface area (Å²) in [5.41, 5.74) is 6.43. The first-order valence-electron chi connectivity index (χ1n) is 3.41. The van der Waals surface area contributed by atoms with E-state index in [0.717, 1.165) is 0 Å². The van der Waals surface area contributed by atoms with Gasteiger partial charge in [0.2, 0.25) is 5.95 Å². The minimum absolute atomic E-state index is 0.217. The van der Waals surface area contributed by atoms with E-state index >= 15 is 0 Å². The Morgan fingerprint density at radius 2 is 2.17 bits per heavy atom. The number of nitriles is 1. The summed E-state index contributed by atoms with van der Waals surface area (Å²) in [5.74, 6) is 0.651. The van der Waals surface area contributed by atoms with Crippen LogP contribution in [0.4, 0.5) is 11.8 Å². The van der Waals surface area contributed by atoms with Gasteiger partial charge in [-0.1, -0.05) is 0 Å². The summed E-state index contributed by atoms with van der Waals surface area (Å²) in [6.45, 7) is 1.72. The van der Waals surface area contributed by atoms with E-state index in [-0.39, 0.29) is 5.82 Å². The highest BCUT2D eigenvalue weighted by Crippen LogP contribution is 2.12. The third-order valence-corrected chi connectivity index (χ3v) is 1.45. The number of nitrogens with two attached hydrogens (primary N) is 1. The topological polar surface area (TPSA) is 87.6 Å². The third kappa shape index (κ3) is 1.27. The fraction of sp³-hybridized carbons (Fsp3) is 0.286. The fourth-order valence-electron chi connectivity index (χ4n) is 0.845. The van der Waals surface area contributed by atoms with E-state index in [1.54, 1.807) is 14.0 Å². The molecule has 1 aromatic heterocycles. The van der Waals surface area contributed by atoms with Crippen LogP contribution < -0.4 is 11.1 Å². The third-order valence-electron chi connectivity index (χ3n) is 1.45. The number of nitrogen functional groups attached to an aromatic ring is 1. The predicted octanol–water partition coefficient (Wildman–Crippen LogP) is 0.281. The smallest absolute Gasteiger partial charge is 0.224 e. The number of rotatable bonds is 1. The van der Waals surface area contributed by atoms with Crippen molar-refractivity contribution >= 4 is 11.8 Å². The Morgan fingerprint density at radius 1 is 1.50 bits per heavy atom. The minimum Gasteiger partial charge on any atom is -0.382 e. The zero-order valence-electron chi connectivity index (χ0n) is 6.92. The van der Waals surface area contributed by atoms with Crippen molar-refractivity contribution < 1.29 is 0 Å². The van der Waals surface area contributed by atoms with Crippen molar-refractivity contribution in [3.8, 4) is 6.07 Å². The van der Waals surface area contributed by atoms with E-state index < -0.39 is 0 Å². The largest absolute Gasteiger partial charge is 0.382 e. The molecule has 3 N–H and O–H groups in total. The molecule has 0 saturated heterocycles. The average molecular weight is 163 g/mol. The van der Waals surface area contributed by atoms with Crippen molar-refractivity contribution in [2.75, 3.05) is 18.1 Å². The van der Waals surface area contributed by atoms with Crippen molar-refractivity contribution in [3.63, 3.8) is 0 Å². The molecule has 62 valence electrons. The van der Waals surface area contributed by atoms with Crippen molar-refractivity contribution in [1.29, 1.82) is 5.26 Å². The number of hydrogen-bond donors (Lipinski definition) is 2. The Kier molecular flexibility index (Phi) is 2.10. The summed E-state index contributed by atoms with van der Waals surface area (Å²) < 4.78 is 0. The summed E-state index contributed by atoms with van der Waals surface area (Å²) in [6, 6.07) is 1.94. The summed E-state index contributed by atoms with van der Waals surface area (Å²) in [5, 5.41) is 11.4. The van der Waals surface area contributed by atoms with Gasteiger partial charge in [-0.15, -0.1) is 0 Å². The van der Waals surface area contributed by atoms with Gasteiger partial charge in [0.15, 0.2) is 0 Å². The average Bonchev–Trinajstić information content (AvgIpc) is 2.03. The van der Waals surface area contributed by atoms with Gasteiger partial charge in [0.05, 0.1) is 5.69 Å². The molecule has 1 rings (SSSR count). The molecule has 0 amide bonds. The first-order chi connectivity index (χ1) is 5.69. The van der Waals surface area contributed by atoms with Crippen LogP contribution in [0.1, 0.15) is 11.3 Å². The van der Waals surface area contributed by atoms with Crippen LogP contribution in [-0.2, 0) is 0 Å². The summed E-state index contributed by atoms with van der Waals surface area (Å²) in [4.78, 5) is 7.85. The quantitative estimate of drug-likeness (QED) is 0.620. The van der Waals surface area contributed by atoms with Gasteiger partial charge in [-0.25, -0.2) is 4.98 Å². The van der Waals surface area contributed by atoms with E-state index in [0.29, 0.717) is 17.2 Å². The molecular weight excluding hydrogens is 154 g/mol. The molecule has 5 heteroatoms. The van der Waals surface area contributed by atoms with E-state index in [1.165, 1.54) is 0 Å². The lowest BCUT2D eigenvalue weighted by molar-refractivity contribution is 1.09. The van der Waals surface area contributed by atoms with Gasteiger partial charge >= 0.3 is 0 Å². The normalized spacial score (nSPS) is 9.08. The summed E-state index contributed by atoms with van der Waals surface area (Å²) in [6.07, 6.45) is 0. The molecule has 0 aliphatic rings. The molecule has 0 spiro atoms. The number of hydrogen-bond acceptors (Lipinski definition) is 5. The van der Waals surface area contributed by atoms with Crippen molar-refractivity contribution in [1.82, 2.24) is 9.97 Å². The molecular formula is C7H9N5. The van der Waals surface area contributed by atoms with Crippen LogP contribution >= 0.6 is 0 Å². The van der Waals surface area contributed by atoms with Crippen LogP contribution in [0.5, 0.6) is 0 Å². The number of aryl methyl sites for hydroxylation is 1. The highest BCUT2D eigenvalue weighted by atomic mass is 15.1. The molecule has 1 aromatic rings. The summed E-state index contributed by atoms with van der Waals surface area (Å²) >= 11 is 0. The zero-order chi connectivity index (χ0) is 9.14.